The van der Waals surface area contributed by atoms with Gasteiger partial charge in [-0.25, -0.2) is 0 Å². The van der Waals surface area contributed by atoms with Crippen LogP contribution in [0.2, 0.25) is 0 Å². The van der Waals surface area contributed by atoms with Gasteiger partial charge in [-0.05, 0) is 79.0 Å². The summed E-state index contributed by atoms with van der Waals surface area (Å²) in [7, 11) is 1.89. The third-order valence-electron chi connectivity index (χ3n) is 8.52. The molecule has 0 radical (unpaired) electrons. The van der Waals surface area contributed by atoms with Crippen molar-refractivity contribution in [3.05, 3.63) is 106 Å². The highest BCUT2D eigenvalue weighted by Gasteiger charge is 2.39. The van der Waals surface area contributed by atoms with Crippen LogP contribution >= 0.6 is 0 Å². The van der Waals surface area contributed by atoms with Crippen LogP contribution in [0.3, 0.4) is 0 Å². The molecule has 6 nitrogen and oxygen atoms in total. The molecule has 6 heteroatoms. The van der Waals surface area contributed by atoms with Crippen molar-refractivity contribution in [1.29, 1.82) is 0 Å². The molecule has 2 bridgehead atoms. The topological polar surface area (TPSA) is 61.9 Å². The van der Waals surface area contributed by atoms with Crippen LogP contribution in [-0.2, 0) is 22.4 Å². The van der Waals surface area contributed by atoms with Gasteiger partial charge in [0, 0.05) is 45.2 Å². The van der Waals surface area contributed by atoms with Crippen LogP contribution < -0.4 is 10.1 Å². The van der Waals surface area contributed by atoms with E-state index in [0.29, 0.717) is 26.2 Å². The number of carbonyl (C=O) groups is 2. The molecule has 3 aromatic rings. The molecule has 42 heavy (non-hydrogen) atoms. The quantitative estimate of drug-likeness (QED) is 0.336. The lowest BCUT2D eigenvalue weighted by molar-refractivity contribution is -0.132. The van der Waals surface area contributed by atoms with Gasteiger partial charge in [0.05, 0.1) is 12.6 Å². The van der Waals surface area contributed by atoms with Crippen molar-refractivity contribution in [2.24, 2.45) is 0 Å². The molecular formula is C36H43N3O3. The first-order valence-corrected chi connectivity index (χ1v) is 15.1. The SMILES string of the molecule is CC(=O)N1C[C@H]2CC(c3ccc(CCCOc4cc(C)ccc4C)cc3)=C(C(=O)N(C)CCc3ccccc3)[C@@H](C1)N2. The maximum Gasteiger partial charge on any atom is 0.251 e. The van der Waals surface area contributed by atoms with E-state index in [1.165, 1.54) is 16.7 Å². The standard InChI is InChI=1S/C36H43N3O3/c1-25-12-13-26(2)34(21-25)42-20-8-11-29-14-16-30(17-15-29)32-22-31-23-39(27(3)40)24-33(37-31)35(32)36(41)38(4)19-18-28-9-6-5-7-10-28/h5-7,9-10,12-17,21,31,33,37H,8,11,18-20,22-24H2,1-4H3/t31-,33-/m1/s1. The lowest BCUT2D eigenvalue weighted by Gasteiger charge is -2.44. The van der Waals surface area contributed by atoms with Gasteiger partial charge in [-0.15, -0.1) is 0 Å². The molecule has 5 rings (SSSR count). The second-order valence-electron chi connectivity index (χ2n) is 11.8. The van der Waals surface area contributed by atoms with Gasteiger partial charge in [-0.2, -0.15) is 0 Å². The predicted molar refractivity (Wildman–Crippen MR) is 168 cm³/mol. The number of likely N-dealkylation sites (N-methyl/N-ethyl adjacent to an activating group) is 1. The number of nitrogens with zero attached hydrogens (tertiary/aromatic N) is 2. The molecule has 0 unspecified atom stereocenters. The predicted octanol–water partition coefficient (Wildman–Crippen LogP) is 5.36. The molecule has 1 fully saturated rings. The van der Waals surface area contributed by atoms with Gasteiger partial charge in [0.2, 0.25) is 5.91 Å². The monoisotopic (exact) mass is 565 g/mol. The number of nitrogens with one attached hydrogen (secondary N) is 1. The number of piperazine rings is 1. The summed E-state index contributed by atoms with van der Waals surface area (Å²) in [6, 6.07) is 25.2. The number of benzene rings is 3. The highest BCUT2D eigenvalue weighted by molar-refractivity contribution is 6.03. The third-order valence-corrected chi connectivity index (χ3v) is 8.52. The molecule has 2 aliphatic rings. The van der Waals surface area contributed by atoms with Crippen LogP contribution in [0.15, 0.2) is 78.4 Å². The summed E-state index contributed by atoms with van der Waals surface area (Å²) in [5.41, 5.74) is 7.83. The van der Waals surface area contributed by atoms with Crippen molar-refractivity contribution in [2.75, 3.05) is 33.3 Å². The molecule has 2 atom stereocenters. The Morgan fingerprint density at radius 1 is 0.952 bits per heavy atom. The Hall–Kier alpha value is -3.90. The molecule has 220 valence electrons. The van der Waals surface area contributed by atoms with Crippen molar-refractivity contribution in [3.63, 3.8) is 0 Å². The summed E-state index contributed by atoms with van der Waals surface area (Å²) in [6.07, 6.45) is 3.38. The first kappa shape index (κ1) is 29.6. The highest BCUT2D eigenvalue weighted by atomic mass is 16.5. The Labute approximate surface area is 250 Å². The van der Waals surface area contributed by atoms with Gasteiger partial charge < -0.3 is 19.9 Å². The van der Waals surface area contributed by atoms with Crippen molar-refractivity contribution in [2.45, 2.75) is 58.5 Å². The van der Waals surface area contributed by atoms with Crippen LogP contribution in [0.5, 0.6) is 5.75 Å². The van der Waals surface area contributed by atoms with Gasteiger partial charge in [0.25, 0.3) is 5.91 Å². The fourth-order valence-corrected chi connectivity index (χ4v) is 6.07. The molecule has 0 aliphatic carbocycles. The number of rotatable bonds is 10. The van der Waals surface area contributed by atoms with E-state index in [1.807, 2.05) is 35.0 Å². The van der Waals surface area contributed by atoms with Crippen molar-refractivity contribution in [1.82, 2.24) is 15.1 Å². The number of hydrogen-bond acceptors (Lipinski definition) is 4. The molecular weight excluding hydrogens is 522 g/mol. The molecule has 3 aromatic carbocycles. The van der Waals surface area contributed by atoms with E-state index in [9.17, 15) is 9.59 Å². The zero-order valence-corrected chi connectivity index (χ0v) is 25.4. The maximum atomic E-state index is 14.0. The summed E-state index contributed by atoms with van der Waals surface area (Å²) in [6.45, 7) is 8.27. The van der Waals surface area contributed by atoms with E-state index in [2.05, 4.69) is 73.8 Å². The smallest absolute Gasteiger partial charge is 0.251 e. The zero-order valence-electron chi connectivity index (χ0n) is 25.4. The highest BCUT2D eigenvalue weighted by Crippen LogP contribution is 2.34. The largest absolute Gasteiger partial charge is 0.493 e. The van der Waals surface area contributed by atoms with Gasteiger partial charge in [0.15, 0.2) is 0 Å². The number of aryl methyl sites for hydroxylation is 3. The number of hydrogen-bond donors (Lipinski definition) is 1. The van der Waals surface area contributed by atoms with Gasteiger partial charge in [-0.1, -0.05) is 66.7 Å². The molecule has 0 spiro atoms. The third kappa shape index (κ3) is 7.11. The zero-order chi connectivity index (χ0) is 29.6. The fourth-order valence-electron chi connectivity index (χ4n) is 6.07. The van der Waals surface area contributed by atoms with Gasteiger partial charge in [-0.3, -0.25) is 9.59 Å². The Morgan fingerprint density at radius 2 is 1.69 bits per heavy atom. The summed E-state index contributed by atoms with van der Waals surface area (Å²) in [4.78, 5) is 30.0. The molecule has 2 heterocycles. The minimum atomic E-state index is -0.176. The molecule has 1 N–H and O–H groups in total. The van der Waals surface area contributed by atoms with E-state index in [1.54, 1.807) is 6.92 Å². The number of amides is 2. The maximum absolute atomic E-state index is 14.0. The average molecular weight is 566 g/mol. The Bertz CT molecular complexity index is 1430. The summed E-state index contributed by atoms with van der Waals surface area (Å²) < 4.78 is 6.05. The van der Waals surface area contributed by atoms with Crippen LogP contribution in [0.4, 0.5) is 0 Å². The molecule has 2 amide bonds. The first-order valence-electron chi connectivity index (χ1n) is 15.1. The van der Waals surface area contributed by atoms with Crippen LogP contribution in [0, 0.1) is 13.8 Å². The van der Waals surface area contributed by atoms with E-state index < -0.39 is 0 Å². The van der Waals surface area contributed by atoms with Crippen LogP contribution in [-0.4, -0.2) is 67.0 Å². The number of ether oxygens (including phenoxy) is 1. The van der Waals surface area contributed by atoms with Crippen LogP contribution in [0.25, 0.3) is 5.57 Å². The molecule has 2 aliphatic heterocycles. The lowest BCUT2D eigenvalue weighted by atomic mass is 9.82. The lowest BCUT2D eigenvalue weighted by Crippen LogP contribution is -2.61. The van der Waals surface area contributed by atoms with Gasteiger partial charge >= 0.3 is 0 Å². The second kappa shape index (κ2) is 13.4. The second-order valence-corrected chi connectivity index (χ2v) is 11.8. The minimum Gasteiger partial charge on any atom is -0.493 e. The van der Waals surface area contributed by atoms with E-state index in [4.69, 9.17) is 4.74 Å². The normalized spacial score (nSPS) is 18.1. The Kier molecular flexibility index (Phi) is 9.43. The minimum absolute atomic E-state index is 0.0370. The van der Waals surface area contributed by atoms with E-state index >= 15 is 0 Å². The summed E-state index contributed by atoms with van der Waals surface area (Å²) in [5.74, 6) is 1.06. The Morgan fingerprint density at radius 3 is 2.43 bits per heavy atom. The van der Waals surface area contributed by atoms with Crippen LogP contribution in [0.1, 0.15) is 47.6 Å². The molecule has 0 saturated carbocycles. The molecule has 0 aromatic heterocycles. The van der Waals surface area contributed by atoms with Gasteiger partial charge in [0.1, 0.15) is 5.75 Å². The first-order chi connectivity index (χ1) is 20.3. The summed E-state index contributed by atoms with van der Waals surface area (Å²) in [5, 5.41) is 3.65. The van der Waals surface area contributed by atoms with Crippen molar-refractivity contribution < 1.29 is 14.3 Å². The van der Waals surface area contributed by atoms with E-state index in [-0.39, 0.29) is 23.9 Å². The Balaban J connectivity index is 1.30. The fraction of sp³-hybridized carbons (Fsp3) is 0.389. The van der Waals surface area contributed by atoms with Crippen molar-refractivity contribution >= 4 is 17.4 Å². The number of carbonyl (C=O) groups excluding carboxylic acids is 2. The average Bonchev–Trinajstić information content (AvgIpc) is 2.99. The van der Waals surface area contributed by atoms with Crippen molar-refractivity contribution in [3.8, 4) is 5.75 Å². The van der Waals surface area contributed by atoms with E-state index in [0.717, 1.165) is 53.7 Å². The number of fused-ring (bicyclic) bond motifs is 2. The summed E-state index contributed by atoms with van der Waals surface area (Å²) >= 11 is 0. The molecule has 1 saturated heterocycles.